The van der Waals surface area contributed by atoms with Crippen LogP contribution in [0.25, 0.3) is 0 Å². The van der Waals surface area contributed by atoms with E-state index in [0.29, 0.717) is 29.7 Å². The molecule has 0 atom stereocenters. The molecular formula is C17H18FN3O5S2. The lowest BCUT2D eigenvalue weighted by atomic mass is 10.1. The van der Waals surface area contributed by atoms with Crippen LogP contribution in [0.1, 0.15) is 18.4 Å². The number of rotatable bonds is 9. The van der Waals surface area contributed by atoms with Crippen molar-refractivity contribution >= 4 is 37.9 Å². The van der Waals surface area contributed by atoms with Crippen LogP contribution in [-0.4, -0.2) is 50.6 Å². The highest BCUT2D eigenvalue weighted by atomic mass is 32.2. The number of nitrogens with one attached hydrogen (secondary N) is 1. The van der Waals surface area contributed by atoms with Gasteiger partial charge >= 0.3 is 0 Å². The van der Waals surface area contributed by atoms with Crippen molar-refractivity contribution in [2.45, 2.75) is 23.0 Å². The molecular weight excluding hydrogens is 409 g/mol. The van der Waals surface area contributed by atoms with Crippen LogP contribution in [0, 0.1) is 5.13 Å². The minimum atomic E-state index is -3.34. The zero-order valence-electron chi connectivity index (χ0n) is 14.9. The zero-order chi connectivity index (χ0) is 20.1. The third-order valence-corrected chi connectivity index (χ3v) is 6.85. The molecule has 8 nitrogen and oxygen atoms in total. The molecule has 1 heterocycles. The minimum Gasteiger partial charge on any atom is -0.393 e. The summed E-state index contributed by atoms with van der Waals surface area (Å²) in [7, 11) is -1.84. The molecule has 0 aliphatic heterocycles. The Hall–Kier alpha value is -2.37. The average Bonchev–Trinajstić information content (AvgIpc) is 3.46. The Bertz CT molecular complexity index is 969. The highest BCUT2D eigenvalue weighted by Gasteiger charge is 2.36. The van der Waals surface area contributed by atoms with Gasteiger partial charge in [-0.25, -0.2) is 13.4 Å². The second-order valence-electron chi connectivity index (χ2n) is 5.96. The van der Waals surface area contributed by atoms with E-state index in [1.165, 1.54) is 31.4 Å². The smallest absolute Gasteiger partial charge is 0.280 e. The third kappa shape index (κ3) is 4.91. The van der Waals surface area contributed by atoms with Gasteiger partial charge in [0.2, 0.25) is 0 Å². The zero-order valence-corrected chi connectivity index (χ0v) is 16.6. The maximum absolute atomic E-state index is 13.1. The highest BCUT2D eigenvalue weighted by molar-refractivity contribution is 7.92. The maximum Gasteiger partial charge on any atom is 0.280 e. The van der Waals surface area contributed by atoms with Crippen molar-refractivity contribution in [2.24, 2.45) is 5.16 Å². The van der Waals surface area contributed by atoms with Crippen molar-refractivity contribution in [2.75, 3.05) is 25.6 Å². The molecule has 3 rings (SSSR count). The Morgan fingerprint density at radius 1 is 1.32 bits per heavy atom. The number of nitrogens with zero attached hydrogens (tertiary/aromatic N) is 2. The largest absolute Gasteiger partial charge is 0.393 e. The van der Waals surface area contributed by atoms with Crippen molar-refractivity contribution < 1.29 is 27.2 Å². The van der Waals surface area contributed by atoms with Crippen molar-refractivity contribution in [1.29, 1.82) is 0 Å². The topological polar surface area (TPSA) is 107 Å². The van der Waals surface area contributed by atoms with Crippen molar-refractivity contribution in [3.63, 3.8) is 0 Å². The summed E-state index contributed by atoms with van der Waals surface area (Å²) in [5.74, 6) is -0.662. The summed E-state index contributed by atoms with van der Waals surface area (Å²) in [4.78, 5) is 21.6. The summed E-state index contributed by atoms with van der Waals surface area (Å²) in [6.07, 6.45) is 2.32. The summed E-state index contributed by atoms with van der Waals surface area (Å²) in [6, 6.07) is 5.83. The number of carbonyl (C=O) groups excluding carboxylic acids is 1. The second-order valence-corrected chi connectivity index (χ2v) is 9.17. The number of thiazole rings is 1. The van der Waals surface area contributed by atoms with E-state index in [1.807, 2.05) is 0 Å². The molecule has 1 amide bonds. The first kappa shape index (κ1) is 20.4. The number of hydrogen-bond donors (Lipinski definition) is 1. The molecule has 1 saturated carbocycles. The van der Waals surface area contributed by atoms with E-state index >= 15 is 0 Å². The van der Waals surface area contributed by atoms with E-state index in [9.17, 15) is 17.6 Å². The normalized spacial score (nSPS) is 14.7. The maximum atomic E-state index is 13.1. The first-order valence-corrected chi connectivity index (χ1v) is 10.7. The third-order valence-electron chi connectivity index (χ3n) is 3.87. The molecule has 11 heteroatoms. The van der Waals surface area contributed by atoms with E-state index in [2.05, 4.69) is 15.5 Å². The molecule has 0 radical (unpaired) electrons. The van der Waals surface area contributed by atoms with Gasteiger partial charge in [0.15, 0.2) is 25.8 Å². The minimum absolute atomic E-state index is 0.0695. The lowest BCUT2D eigenvalue weighted by molar-refractivity contribution is -0.110. The van der Waals surface area contributed by atoms with E-state index in [4.69, 9.17) is 9.57 Å². The van der Waals surface area contributed by atoms with Crippen molar-refractivity contribution in [3.8, 4) is 0 Å². The molecule has 1 aromatic heterocycles. The van der Waals surface area contributed by atoms with E-state index in [-0.39, 0.29) is 34.2 Å². The van der Waals surface area contributed by atoms with Gasteiger partial charge in [0.1, 0.15) is 6.61 Å². The van der Waals surface area contributed by atoms with Gasteiger partial charge in [-0.05, 0) is 25.0 Å². The fourth-order valence-electron chi connectivity index (χ4n) is 2.30. The molecule has 1 aromatic carbocycles. The van der Waals surface area contributed by atoms with Crippen LogP contribution in [0.3, 0.4) is 0 Å². The molecule has 2 aromatic rings. The number of benzene rings is 1. The van der Waals surface area contributed by atoms with Crippen LogP contribution >= 0.6 is 11.3 Å². The number of aromatic nitrogens is 1. The van der Waals surface area contributed by atoms with Gasteiger partial charge < -0.3 is 9.57 Å². The molecule has 1 fully saturated rings. The van der Waals surface area contributed by atoms with Gasteiger partial charge in [0, 0.05) is 12.7 Å². The SMILES string of the molecule is COCCON=C(C(=O)Nc1ncc(F)s1)c1ccc(S(=O)(=O)C2CC2)cc1. The Kier molecular flexibility index (Phi) is 6.37. The number of carbonyl (C=O) groups is 1. The predicted octanol–water partition coefficient (Wildman–Crippen LogP) is 2.22. The molecule has 0 unspecified atom stereocenters. The van der Waals surface area contributed by atoms with E-state index < -0.39 is 20.9 Å². The number of anilines is 1. The summed E-state index contributed by atoms with van der Waals surface area (Å²) >= 11 is 0.672. The molecule has 28 heavy (non-hydrogen) atoms. The monoisotopic (exact) mass is 427 g/mol. The van der Waals surface area contributed by atoms with Crippen LogP contribution in [0.5, 0.6) is 0 Å². The molecule has 1 aliphatic carbocycles. The van der Waals surface area contributed by atoms with Gasteiger partial charge in [-0.2, -0.15) is 4.39 Å². The average molecular weight is 427 g/mol. The standard InChI is InChI=1S/C17H18FN3O5S2/c1-25-8-9-26-21-15(16(22)20-17-19-10-14(18)27-17)11-2-4-12(5-3-11)28(23,24)13-6-7-13/h2-5,10,13H,6-9H2,1H3,(H,19,20,22). The molecule has 0 saturated heterocycles. The number of halogens is 1. The van der Waals surface area contributed by atoms with Gasteiger partial charge in [0.25, 0.3) is 5.91 Å². The van der Waals surface area contributed by atoms with Crippen molar-refractivity contribution in [1.82, 2.24) is 4.98 Å². The van der Waals surface area contributed by atoms with Gasteiger partial charge in [-0.3, -0.25) is 10.1 Å². The van der Waals surface area contributed by atoms with Crippen LogP contribution in [0.4, 0.5) is 9.52 Å². The molecule has 150 valence electrons. The predicted molar refractivity (Wildman–Crippen MR) is 102 cm³/mol. The van der Waals surface area contributed by atoms with Crippen LogP contribution in [0.15, 0.2) is 40.5 Å². The molecule has 0 spiro atoms. The van der Waals surface area contributed by atoms with Crippen LogP contribution < -0.4 is 5.32 Å². The fourth-order valence-corrected chi connectivity index (χ4v) is 4.49. The van der Waals surface area contributed by atoms with E-state index in [1.54, 1.807) is 0 Å². The molecule has 0 bridgehead atoms. The summed E-state index contributed by atoms with van der Waals surface area (Å²) in [5, 5.41) is 5.48. The summed E-state index contributed by atoms with van der Waals surface area (Å²) in [6.45, 7) is 0.391. The van der Waals surface area contributed by atoms with Gasteiger partial charge in [-0.1, -0.05) is 28.6 Å². The quantitative estimate of drug-likeness (QED) is 0.374. The summed E-state index contributed by atoms with van der Waals surface area (Å²) in [5.41, 5.74) is 0.253. The lowest BCUT2D eigenvalue weighted by Gasteiger charge is -2.08. The lowest BCUT2D eigenvalue weighted by Crippen LogP contribution is -2.24. The number of methoxy groups -OCH3 is 1. The highest BCUT2D eigenvalue weighted by Crippen LogP contribution is 2.33. The van der Waals surface area contributed by atoms with Gasteiger partial charge in [-0.15, -0.1) is 0 Å². The van der Waals surface area contributed by atoms with Crippen LogP contribution in [-0.2, 0) is 24.2 Å². The Morgan fingerprint density at radius 2 is 2.04 bits per heavy atom. The summed E-state index contributed by atoms with van der Waals surface area (Å²) < 4.78 is 42.6. The number of ether oxygens (including phenoxy) is 1. The van der Waals surface area contributed by atoms with Crippen LogP contribution in [0.2, 0.25) is 0 Å². The first-order valence-electron chi connectivity index (χ1n) is 8.37. The van der Waals surface area contributed by atoms with Crippen molar-refractivity contribution in [3.05, 3.63) is 41.2 Å². The Labute approximate surface area is 165 Å². The van der Waals surface area contributed by atoms with E-state index in [0.717, 1.165) is 6.20 Å². The number of oxime groups is 1. The Morgan fingerprint density at radius 3 is 2.61 bits per heavy atom. The molecule has 1 N–H and O–H groups in total. The number of amides is 1. The first-order chi connectivity index (χ1) is 13.4. The number of sulfone groups is 1. The molecule has 1 aliphatic rings. The number of hydrogen-bond acceptors (Lipinski definition) is 8. The second kappa shape index (κ2) is 8.76. The Balaban J connectivity index is 1.82. The van der Waals surface area contributed by atoms with Gasteiger partial charge in [0.05, 0.1) is 22.9 Å². The fraction of sp³-hybridized carbons (Fsp3) is 0.353.